The highest BCUT2D eigenvalue weighted by Crippen LogP contribution is 2.33. The molecule has 0 saturated carbocycles. The van der Waals surface area contributed by atoms with Crippen LogP contribution in [0.15, 0.2) is 61.3 Å². The quantitative estimate of drug-likeness (QED) is 0.567. The van der Waals surface area contributed by atoms with Crippen LogP contribution < -0.4 is 5.32 Å². The summed E-state index contributed by atoms with van der Waals surface area (Å²) in [6.07, 6.45) is 0.995. The van der Waals surface area contributed by atoms with Crippen molar-refractivity contribution in [1.29, 1.82) is 0 Å². The molecule has 7 nitrogen and oxygen atoms in total. The van der Waals surface area contributed by atoms with Crippen molar-refractivity contribution in [2.75, 3.05) is 5.32 Å². The number of pyridine rings is 1. The Morgan fingerprint density at radius 2 is 1.86 bits per heavy atom. The molecule has 1 N–H and O–H groups in total. The molecule has 29 heavy (non-hydrogen) atoms. The highest BCUT2D eigenvalue weighted by atomic mass is 19.4. The number of fused-ring (bicyclic) bond motifs is 1. The zero-order chi connectivity index (χ0) is 20.4. The Morgan fingerprint density at radius 1 is 1.00 bits per heavy atom. The lowest BCUT2D eigenvalue weighted by molar-refractivity contribution is -0.137. The van der Waals surface area contributed by atoms with Crippen LogP contribution in [0, 0.1) is 0 Å². The van der Waals surface area contributed by atoms with Crippen LogP contribution in [-0.4, -0.2) is 30.8 Å². The van der Waals surface area contributed by atoms with E-state index in [-0.39, 0.29) is 28.3 Å². The minimum Gasteiger partial charge on any atom is -0.304 e. The number of hydrogen-bond donors (Lipinski definition) is 1. The van der Waals surface area contributed by atoms with Crippen LogP contribution in [0.3, 0.4) is 0 Å². The topological polar surface area (TPSA) is 93.6 Å². The smallest absolute Gasteiger partial charge is 0.304 e. The predicted molar refractivity (Wildman–Crippen MR) is 97.8 cm³/mol. The van der Waals surface area contributed by atoms with Crippen molar-refractivity contribution < 1.29 is 18.0 Å². The second-order valence-electron chi connectivity index (χ2n) is 5.91. The van der Waals surface area contributed by atoms with E-state index in [4.69, 9.17) is 0 Å². The Hall–Kier alpha value is -3.95. The first-order chi connectivity index (χ1) is 13.9. The van der Waals surface area contributed by atoms with Crippen molar-refractivity contribution in [2.24, 2.45) is 0 Å². The lowest BCUT2D eigenvalue weighted by Gasteiger charge is -2.10. The van der Waals surface area contributed by atoms with Crippen molar-refractivity contribution in [3.8, 4) is 11.3 Å². The van der Waals surface area contributed by atoms with Crippen LogP contribution in [-0.2, 0) is 6.18 Å². The van der Waals surface area contributed by atoms with E-state index >= 15 is 0 Å². The van der Waals surface area contributed by atoms with Gasteiger partial charge >= 0.3 is 6.18 Å². The molecule has 10 heteroatoms. The highest BCUT2D eigenvalue weighted by molar-refractivity contribution is 6.04. The monoisotopic (exact) mass is 396 g/mol. The van der Waals surface area contributed by atoms with Gasteiger partial charge in [0.25, 0.3) is 5.91 Å². The van der Waals surface area contributed by atoms with Crippen molar-refractivity contribution in [1.82, 2.24) is 24.9 Å². The molecule has 4 rings (SSSR count). The van der Waals surface area contributed by atoms with Gasteiger partial charge in [0.2, 0.25) is 0 Å². The summed E-state index contributed by atoms with van der Waals surface area (Å²) in [6.45, 7) is 0. The Morgan fingerprint density at radius 3 is 2.62 bits per heavy atom. The average Bonchev–Trinajstić information content (AvgIpc) is 2.73. The summed E-state index contributed by atoms with van der Waals surface area (Å²) >= 11 is 0. The maximum Gasteiger partial charge on any atom is 0.416 e. The fourth-order valence-corrected chi connectivity index (χ4v) is 2.66. The van der Waals surface area contributed by atoms with E-state index in [2.05, 4.69) is 30.2 Å². The first-order valence-electron chi connectivity index (χ1n) is 8.28. The molecule has 0 aliphatic carbocycles. The molecule has 3 aromatic heterocycles. The van der Waals surface area contributed by atoms with Gasteiger partial charge in [-0.05, 0) is 24.3 Å². The summed E-state index contributed by atoms with van der Waals surface area (Å²) in [5, 5.41) is 2.55. The van der Waals surface area contributed by atoms with E-state index in [0.717, 1.165) is 12.1 Å². The van der Waals surface area contributed by atoms with E-state index in [9.17, 15) is 18.0 Å². The molecule has 0 saturated heterocycles. The molecular weight excluding hydrogens is 385 g/mol. The van der Waals surface area contributed by atoms with E-state index in [1.807, 2.05) is 0 Å². The van der Waals surface area contributed by atoms with Gasteiger partial charge in [-0.3, -0.25) is 9.78 Å². The Balaban J connectivity index is 1.76. The van der Waals surface area contributed by atoms with Gasteiger partial charge in [-0.2, -0.15) is 13.2 Å². The van der Waals surface area contributed by atoms with Crippen LogP contribution in [0.5, 0.6) is 0 Å². The van der Waals surface area contributed by atoms with Gasteiger partial charge in [0.05, 0.1) is 23.0 Å². The fraction of sp³-hybridized carbons (Fsp3) is 0.0526. The summed E-state index contributed by atoms with van der Waals surface area (Å²) < 4.78 is 39.2. The number of nitrogens with zero attached hydrogens (tertiary/aromatic N) is 5. The average molecular weight is 396 g/mol. The summed E-state index contributed by atoms with van der Waals surface area (Å²) in [5.74, 6) is -0.312. The number of alkyl halides is 3. The number of rotatable bonds is 3. The molecule has 4 aromatic rings. The van der Waals surface area contributed by atoms with Crippen LogP contribution in [0.4, 0.5) is 19.0 Å². The highest BCUT2D eigenvalue weighted by Gasteiger charge is 2.30. The Kier molecular flexibility index (Phi) is 4.59. The normalized spacial score (nSPS) is 11.4. The zero-order valence-corrected chi connectivity index (χ0v) is 14.6. The molecule has 0 unspecified atom stereocenters. The maximum atomic E-state index is 13.1. The van der Waals surface area contributed by atoms with Gasteiger partial charge in [0.1, 0.15) is 17.5 Å². The molecule has 0 bridgehead atoms. The molecule has 0 aliphatic heterocycles. The molecule has 0 aliphatic rings. The number of halogens is 3. The zero-order valence-electron chi connectivity index (χ0n) is 14.6. The predicted octanol–water partition coefficient (Wildman–Crippen LogP) is 3.75. The molecule has 0 radical (unpaired) electrons. The molecule has 0 atom stereocenters. The third kappa shape index (κ3) is 3.86. The molecule has 1 aromatic carbocycles. The van der Waals surface area contributed by atoms with Crippen molar-refractivity contribution in [3.63, 3.8) is 0 Å². The standard InChI is InChI=1S/C19H11F3N6O/c20-19(21,22)12-3-1-2-11(8-12)16-17-13(25-10-26-16)4-5-14(27-17)18(29)28-15-9-23-6-7-24-15/h1-10H,(H,24,28,29). The number of amides is 1. The van der Waals surface area contributed by atoms with Gasteiger partial charge < -0.3 is 5.32 Å². The fourth-order valence-electron chi connectivity index (χ4n) is 2.66. The van der Waals surface area contributed by atoms with Crippen LogP contribution in [0.1, 0.15) is 16.1 Å². The number of benzene rings is 1. The van der Waals surface area contributed by atoms with E-state index < -0.39 is 17.6 Å². The molecule has 144 valence electrons. The molecule has 0 spiro atoms. The second-order valence-corrected chi connectivity index (χ2v) is 5.91. The minimum absolute atomic E-state index is 0.0335. The SMILES string of the molecule is O=C(Nc1cnccn1)c1ccc2ncnc(-c3cccc(C(F)(F)F)c3)c2n1. The van der Waals surface area contributed by atoms with Crippen LogP contribution in [0.25, 0.3) is 22.3 Å². The van der Waals surface area contributed by atoms with Gasteiger partial charge in [0.15, 0.2) is 5.82 Å². The van der Waals surface area contributed by atoms with Gasteiger partial charge in [-0.25, -0.2) is 19.9 Å². The largest absolute Gasteiger partial charge is 0.416 e. The number of carbonyl (C=O) groups is 1. The lowest BCUT2D eigenvalue weighted by atomic mass is 10.1. The van der Waals surface area contributed by atoms with Crippen LogP contribution >= 0.6 is 0 Å². The number of nitrogens with one attached hydrogen (secondary N) is 1. The van der Waals surface area contributed by atoms with E-state index in [1.165, 1.54) is 43.1 Å². The number of carbonyl (C=O) groups excluding carboxylic acids is 1. The van der Waals surface area contributed by atoms with Gasteiger partial charge in [-0.1, -0.05) is 12.1 Å². The van der Waals surface area contributed by atoms with Crippen molar-refractivity contribution >= 4 is 22.8 Å². The summed E-state index contributed by atoms with van der Waals surface area (Å²) in [4.78, 5) is 32.7. The summed E-state index contributed by atoms with van der Waals surface area (Å²) in [5.41, 5.74) is 0.230. The molecule has 1 amide bonds. The van der Waals surface area contributed by atoms with Gasteiger partial charge in [0, 0.05) is 18.0 Å². The van der Waals surface area contributed by atoms with Crippen molar-refractivity contribution in [3.05, 3.63) is 72.6 Å². The molecule has 0 fully saturated rings. The molecule has 3 heterocycles. The molecular formula is C19H11F3N6O. The lowest BCUT2D eigenvalue weighted by Crippen LogP contribution is -2.15. The Labute approximate surface area is 161 Å². The first-order valence-corrected chi connectivity index (χ1v) is 8.28. The number of hydrogen-bond acceptors (Lipinski definition) is 6. The summed E-state index contributed by atoms with van der Waals surface area (Å²) in [7, 11) is 0. The first kappa shape index (κ1) is 18.4. The van der Waals surface area contributed by atoms with Crippen LogP contribution in [0.2, 0.25) is 0 Å². The van der Waals surface area contributed by atoms with E-state index in [0.29, 0.717) is 5.52 Å². The number of aromatic nitrogens is 5. The Bertz CT molecular complexity index is 1200. The second kappa shape index (κ2) is 7.23. The van der Waals surface area contributed by atoms with E-state index in [1.54, 1.807) is 6.07 Å². The maximum absolute atomic E-state index is 13.1. The van der Waals surface area contributed by atoms with Crippen molar-refractivity contribution in [2.45, 2.75) is 6.18 Å². The summed E-state index contributed by atoms with van der Waals surface area (Å²) in [6, 6.07) is 7.74. The van der Waals surface area contributed by atoms with Gasteiger partial charge in [-0.15, -0.1) is 0 Å². The number of anilines is 1. The minimum atomic E-state index is -4.49. The third-order valence-electron chi connectivity index (χ3n) is 3.98. The third-order valence-corrected chi connectivity index (χ3v) is 3.98.